The zero-order chi connectivity index (χ0) is 22.1. The summed E-state index contributed by atoms with van der Waals surface area (Å²) >= 11 is 0. The Morgan fingerprint density at radius 3 is 2.40 bits per heavy atom. The van der Waals surface area contributed by atoms with Gasteiger partial charge in [-0.2, -0.15) is 13.2 Å². The SMILES string of the molecule is Cc1cccc(NS(=O)(=O)c2ccc(C(=O)N3CCC[C@@H](C(F)(F)F)C3)cc2)c1C. The van der Waals surface area contributed by atoms with E-state index in [0.29, 0.717) is 5.69 Å². The Kier molecular flexibility index (Phi) is 6.12. The van der Waals surface area contributed by atoms with Gasteiger partial charge in [0.1, 0.15) is 0 Å². The molecule has 9 heteroatoms. The van der Waals surface area contributed by atoms with Crippen LogP contribution in [0.2, 0.25) is 0 Å². The van der Waals surface area contributed by atoms with Gasteiger partial charge in [0.25, 0.3) is 15.9 Å². The molecule has 0 aliphatic carbocycles. The number of piperidine rings is 1. The summed E-state index contributed by atoms with van der Waals surface area (Å²) in [6, 6.07) is 10.5. The van der Waals surface area contributed by atoms with Gasteiger partial charge in [-0.25, -0.2) is 8.42 Å². The predicted molar refractivity (Wildman–Crippen MR) is 108 cm³/mol. The van der Waals surface area contributed by atoms with Gasteiger partial charge in [-0.05, 0) is 68.1 Å². The van der Waals surface area contributed by atoms with Gasteiger partial charge in [0.15, 0.2) is 0 Å². The van der Waals surface area contributed by atoms with Crippen molar-refractivity contribution in [3.8, 4) is 0 Å². The van der Waals surface area contributed by atoms with E-state index in [4.69, 9.17) is 0 Å². The number of carbonyl (C=O) groups is 1. The number of carbonyl (C=O) groups excluding carboxylic acids is 1. The maximum absolute atomic E-state index is 13.0. The molecule has 0 spiro atoms. The van der Waals surface area contributed by atoms with E-state index in [1.165, 1.54) is 29.2 Å². The Hall–Kier alpha value is -2.55. The molecule has 0 aromatic heterocycles. The zero-order valence-electron chi connectivity index (χ0n) is 16.7. The molecule has 1 heterocycles. The third-order valence-corrected chi connectivity index (χ3v) is 6.81. The molecule has 0 saturated carbocycles. The maximum atomic E-state index is 13.0. The van der Waals surface area contributed by atoms with Gasteiger partial charge >= 0.3 is 6.18 Å². The number of hydrogen-bond donors (Lipinski definition) is 1. The molecule has 1 saturated heterocycles. The van der Waals surface area contributed by atoms with Gasteiger partial charge in [-0.3, -0.25) is 9.52 Å². The second-order valence-corrected chi connectivity index (χ2v) is 9.19. The van der Waals surface area contributed by atoms with E-state index in [1.54, 1.807) is 12.1 Å². The van der Waals surface area contributed by atoms with Gasteiger partial charge in [0.2, 0.25) is 0 Å². The van der Waals surface area contributed by atoms with Crippen LogP contribution in [0.25, 0.3) is 0 Å². The molecule has 1 aliphatic heterocycles. The molecule has 1 fully saturated rings. The Morgan fingerprint density at radius 2 is 1.77 bits per heavy atom. The summed E-state index contributed by atoms with van der Waals surface area (Å²) in [5, 5.41) is 0. The molecule has 1 aliphatic rings. The Balaban J connectivity index is 1.75. The largest absolute Gasteiger partial charge is 0.393 e. The summed E-state index contributed by atoms with van der Waals surface area (Å²) in [4.78, 5) is 13.7. The number of nitrogens with one attached hydrogen (secondary N) is 1. The fourth-order valence-electron chi connectivity index (χ4n) is 3.45. The number of sulfonamides is 1. The Labute approximate surface area is 173 Å². The van der Waals surface area contributed by atoms with Crippen LogP contribution < -0.4 is 4.72 Å². The van der Waals surface area contributed by atoms with E-state index < -0.39 is 28.0 Å². The molecule has 5 nitrogen and oxygen atoms in total. The highest BCUT2D eigenvalue weighted by Crippen LogP contribution is 2.33. The first-order chi connectivity index (χ1) is 14.0. The number of rotatable bonds is 4. The van der Waals surface area contributed by atoms with E-state index in [2.05, 4.69) is 4.72 Å². The van der Waals surface area contributed by atoms with Crippen molar-refractivity contribution >= 4 is 21.6 Å². The molecular weight excluding hydrogens is 417 g/mol. The van der Waals surface area contributed by atoms with E-state index in [1.807, 2.05) is 19.9 Å². The van der Waals surface area contributed by atoms with Crippen LogP contribution in [0.1, 0.15) is 34.3 Å². The normalized spacial score (nSPS) is 17.6. The van der Waals surface area contributed by atoms with Crippen molar-refractivity contribution in [2.75, 3.05) is 17.8 Å². The predicted octanol–water partition coefficient (Wildman–Crippen LogP) is 4.52. The standard InChI is InChI=1S/C21H23F3N2O3S/c1-14-5-3-7-19(15(14)2)25-30(28,29)18-10-8-16(9-11-18)20(27)26-12-4-6-17(13-26)21(22,23)24/h3,5,7-11,17,25H,4,6,12-13H2,1-2H3/t17-/m1/s1. The number of nitrogens with zero attached hydrogens (tertiary/aromatic N) is 1. The molecule has 3 rings (SSSR count). The lowest BCUT2D eigenvalue weighted by Crippen LogP contribution is -2.44. The number of anilines is 1. The van der Waals surface area contributed by atoms with Gasteiger partial charge in [-0.15, -0.1) is 0 Å². The molecular formula is C21H23F3N2O3S. The van der Waals surface area contributed by atoms with Crippen molar-refractivity contribution in [2.45, 2.75) is 37.8 Å². The van der Waals surface area contributed by atoms with Crippen LogP contribution in [0.4, 0.5) is 18.9 Å². The van der Waals surface area contributed by atoms with Crippen molar-refractivity contribution in [1.82, 2.24) is 4.90 Å². The summed E-state index contributed by atoms with van der Waals surface area (Å²) in [5.74, 6) is -2.06. The third-order valence-electron chi connectivity index (χ3n) is 5.43. The number of benzene rings is 2. The summed E-state index contributed by atoms with van der Waals surface area (Å²) in [6.07, 6.45) is -4.05. The van der Waals surface area contributed by atoms with Crippen LogP contribution in [0.5, 0.6) is 0 Å². The summed E-state index contributed by atoms with van der Waals surface area (Å²) in [7, 11) is -3.87. The lowest BCUT2D eigenvalue weighted by atomic mass is 9.97. The number of alkyl halides is 3. The first kappa shape index (κ1) is 22.1. The lowest BCUT2D eigenvalue weighted by molar-refractivity contribution is -0.184. The Bertz CT molecular complexity index is 1030. The number of aryl methyl sites for hydroxylation is 1. The van der Waals surface area contributed by atoms with Crippen molar-refractivity contribution in [3.63, 3.8) is 0 Å². The molecule has 2 aromatic carbocycles. The third kappa shape index (κ3) is 4.77. The van der Waals surface area contributed by atoms with Crippen LogP contribution in [-0.4, -0.2) is 38.5 Å². The molecule has 1 amide bonds. The topological polar surface area (TPSA) is 66.5 Å². The quantitative estimate of drug-likeness (QED) is 0.760. The highest BCUT2D eigenvalue weighted by atomic mass is 32.2. The van der Waals surface area contributed by atoms with Crippen molar-refractivity contribution in [1.29, 1.82) is 0 Å². The highest BCUT2D eigenvalue weighted by molar-refractivity contribution is 7.92. The first-order valence-corrected chi connectivity index (χ1v) is 11.0. The summed E-state index contributed by atoms with van der Waals surface area (Å²) < 4.78 is 66.8. The minimum Gasteiger partial charge on any atom is -0.338 e. The average molecular weight is 440 g/mol. The van der Waals surface area contributed by atoms with Gasteiger partial charge in [0, 0.05) is 18.7 Å². The summed E-state index contributed by atoms with van der Waals surface area (Å²) in [6.45, 7) is 3.55. The van der Waals surface area contributed by atoms with Crippen molar-refractivity contribution in [3.05, 3.63) is 59.2 Å². The van der Waals surface area contributed by atoms with Crippen LogP contribution in [0, 0.1) is 19.8 Å². The van der Waals surface area contributed by atoms with Crippen molar-refractivity contribution < 1.29 is 26.4 Å². The van der Waals surface area contributed by atoms with Crippen LogP contribution >= 0.6 is 0 Å². The molecule has 1 N–H and O–H groups in total. The van der Waals surface area contributed by atoms with Gasteiger partial charge in [0.05, 0.1) is 16.5 Å². The molecule has 0 unspecified atom stereocenters. The van der Waals surface area contributed by atoms with E-state index in [9.17, 15) is 26.4 Å². The van der Waals surface area contributed by atoms with Gasteiger partial charge in [-0.1, -0.05) is 12.1 Å². The molecule has 1 atom stereocenters. The second-order valence-electron chi connectivity index (χ2n) is 7.51. The smallest absolute Gasteiger partial charge is 0.338 e. The minimum absolute atomic E-state index is 0.00844. The molecule has 2 aromatic rings. The lowest BCUT2D eigenvalue weighted by Gasteiger charge is -2.33. The fourth-order valence-corrected chi connectivity index (χ4v) is 4.58. The highest BCUT2D eigenvalue weighted by Gasteiger charge is 2.42. The maximum Gasteiger partial charge on any atom is 0.393 e. The number of likely N-dealkylation sites (tertiary alicyclic amines) is 1. The fraction of sp³-hybridized carbons (Fsp3) is 0.381. The molecule has 0 radical (unpaired) electrons. The molecule has 30 heavy (non-hydrogen) atoms. The van der Waals surface area contributed by atoms with Gasteiger partial charge < -0.3 is 4.90 Å². The van der Waals surface area contributed by atoms with Crippen LogP contribution in [0.3, 0.4) is 0 Å². The first-order valence-electron chi connectivity index (χ1n) is 9.54. The van der Waals surface area contributed by atoms with Crippen LogP contribution in [-0.2, 0) is 10.0 Å². The number of halogens is 3. The van der Waals surface area contributed by atoms with E-state index in [0.717, 1.165) is 11.1 Å². The molecule has 0 bridgehead atoms. The van der Waals surface area contributed by atoms with Crippen LogP contribution in [0.15, 0.2) is 47.4 Å². The average Bonchev–Trinajstić information content (AvgIpc) is 2.70. The Morgan fingerprint density at radius 1 is 1.10 bits per heavy atom. The zero-order valence-corrected chi connectivity index (χ0v) is 17.5. The van der Waals surface area contributed by atoms with Crippen molar-refractivity contribution in [2.24, 2.45) is 5.92 Å². The minimum atomic E-state index is -4.34. The molecule has 162 valence electrons. The summed E-state index contributed by atoms with van der Waals surface area (Å²) in [5.41, 5.74) is 2.36. The van der Waals surface area contributed by atoms with E-state index in [-0.39, 0.29) is 36.4 Å². The van der Waals surface area contributed by atoms with E-state index >= 15 is 0 Å². The number of hydrogen-bond acceptors (Lipinski definition) is 3. The second kappa shape index (κ2) is 8.29. The monoisotopic (exact) mass is 440 g/mol. The number of amides is 1.